The Morgan fingerprint density at radius 1 is 0.920 bits per heavy atom. The van der Waals surface area contributed by atoms with E-state index in [1.165, 1.54) is 0 Å². The van der Waals surface area contributed by atoms with Crippen molar-refractivity contribution in [2.45, 2.75) is 32.6 Å². The highest BCUT2D eigenvalue weighted by atomic mass is 16.5. The average Bonchev–Trinajstić information content (AvgIpc) is 3.23. The van der Waals surface area contributed by atoms with Crippen molar-refractivity contribution in [2.75, 3.05) is 6.61 Å². The maximum Gasteiger partial charge on any atom is 0.307 e. The number of hydrogen-bond acceptors (Lipinski definition) is 4. The third-order valence-corrected chi connectivity index (χ3v) is 4.30. The summed E-state index contributed by atoms with van der Waals surface area (Å²) >= 11 is 0. The zero-order valence-corrected chi connectivity index (χ0v) is 14.7. The number of rotatable bonds is 6. The minimum atomic E-state index is -0.865. The lowest BCUT2D eigenvalue weighted by molar-refractivity contribution is -0.144. The lowest BCUT2D eigenvalue weighted by Gasteiger charge is -2.30. The van der Waals surface area contributed by atoms with Crippen LogP contribution in [0.3, 0.4) is 0 Å². The molecule has 4 heteroatoms. The molecule has 3 rings (SSSR count). The van der Waals surface area contributed by atoms with Crippen LogP contribution in [-0.4, -0.2) is 12.6 Å². The Bertz CT molecular complexity index is 801. The third kappa shape index (κ3) is 3.25. The van der Waals surface area contributed by atoms with Crippen LogP contribution in [0, 0.1) is 13.8 Å². The van der Waals surface area contributed by atoms with Crippen LogP contribution in [0.2, 0.25) is 0 Å². The monoisotopic (exact) mass is 338 g/mol. The Balaban J connectivity index is 2.25. The van der Waals surface area contributed by atoms with Gasteiger partial charge in [-0.05, 0) is 50.6 Å². The number of esters is 1. The number of furan rings is 2. The Morgan fingerprint density at radius 2 is 1.48 bits per heavy atom. The molecule has 0 N–H and O–H groups in total. The van der Waals surface area contributed by atoms with Gasteiger partial charge in [-0.1, -0.05) is 30.3 Å². The first-order valence-electron chi connectivity index (χ1n) is 8.41. The van der Waals surface area contributed by atoms with Crippen molar-refractivity contribution >= 4 is 5.97 Å². The number of aryl methyl sites for hydroxylation is 2. The summed E-state index contributed by atoms with van der Waals surface area (Å²) in [6, 6.07) is 17.4. The Hall–Kier alpha value is -2.75. The van der Waals surface area contributed by atoms with Crippen LogP contribution in [0.1, 0.15) is 41.9 Å². The highest BCUT2D eigenvalue weighted by molar-refractivity contribution is 5.74. The van der Waals surface area contributed by atoms with Gasteiger partial charge in [0.2, 0.25) is 0 Å². The molecule has 0 aliphatic carbocycles. The van der Waals surface area contributed by atoms with Gasteiger partial charge in [0.25, 0.3) is 0 Å². The fourth-order valence-electron chi connectivity index (χ4n) is 3.16. The second-order valence-corrected chi connectivity index (χ2v) is 6.07. The summed E-state index contributed by atoms with van der Waals surface area (Å²) in [6.45, 7) is 5.91. The molecule has 0 saturated heterocycles. The van der Waals surface area contributed by atoms with E-state index in [1.807, 2.05) is 68.4 Å². The van der Waals surface area contributed by atoms with Crippen molar-refractivity contribution in [3.8, 4) is 0 Å². The van der Waals surface area contributed by atoms with Gasteiger partial charge in [0.05, 0.1) is 13.0 Å². The van der Waals surface area contributed by atoms with Gasteiger partial charge in [-0.15, -0.1) is 0 Å². The summed E-state index contributed by atoms with van der Waals surface area (Å²) in [4.78, 5) is 12.5. The molecule has 0 spiro atoms. The van der Waals surface area contributed by atoms with Crippen LogP contribution >= 0.6 is 0 Å². The zero-order chi connectivity index (χ0) is 17.9. The van der Waals surface area contributed by atoms with E-state index in [1.54, 1.807) is 6.92 Å². The molecule has 3 aromatic rings. The number of ether oxygens (including phenoxy) is 1. The molecule has 25 heavy (non-hydrogen) atoms. The Morgan fingerprint density at radius 3 is 1.92 bits per heavy atom. The molecule has 130 valence electrons. The molecule has 0 fully saturated rings. The van der Waals surface area contributed by atoms with Crippen LogP contribution in [0.5, 0.6) is 0 Å². The van der Waals surface area contributed by atoms with Gasteiger partial charge in [0.1, 0.15) is 28.5 Å². The summed E-state index contributed by atoms with van der Waals surface area (Å²) in [6.07, 6.45) is 0.102. The quantitative estimate of drug-likeness (QED) is 0.607. The first kappa shape index (κ1) is 17.1. The van der Waals surface area contributed by atoms with Gasteiger partial charge >= 0.3 is 5.97 Å². The van der Waals surface area contributed by atoms with Crippen LogP contribution < -0.4 is 0 Å². The molecule has 0 atom stereocenters. The summed E-state index contributed by atoms with van der Waals surface area (Å²) in [5.74, 6) is 2.59. The predicted molar refractivity (Wildman–Crippen MR) is 94.5 cm³/mol. The second-order valence-electron chi connectivity index (χ2n) is 6.07. The van der Waals surface area contributed by atoms with Gasteiger partial charge in [0, 0.05) is 0 Å². The molecule has 0 aliphatic heterocycles. The van der Waals surface area contributed by atoms with Crippen molar-refractivity contribution in [2.24, 2.45) is 0 Å². The summed E-state index contributed by atoms with van der Waals surface area (Å²) in [5.41, 5.74) is 0.0579. The van der Waals surface area contributed by atoms with Gasteiger partial charge in [-0.3, -0.25) is 4.79 Å². The van der Waals surface area contributed by atoms with Crippen molar-refractivity contribution in [1.82, 2.24) is 0 Å². The first-order valence-corrected chi connectivity index (χ1v) is 8.41. The third-order valence-electron chi connectivity index (χ3n) is 4.30. The standard InChI is InChI=1S/C21H22O4/c1-4-23-20(22)14-21(17-8-6-5-7-9-17,18-12-10-15(2)24-18)19-13-11-16(3)25-19/h5-13H,4,14H2,1-3H3. The highest BCUT2D eigenvalue weighted by Crippen LogP contribution is 2.43. The van der Waals surface area contributed by atoms with Gasteiger partial charge in [0.15, 0.2) is 0 Å². The molecule has 1 aromatic carbocycles. The summed E-state index contributed by atoms with van der Waals surface area (Å²) in [7, 11) is 0. The molecule has 0 amide bonds. The van der Waals surface area contributed by atoms with Crippen molar-refractivity contribution in [1.29, 1.82) is 0 Å². The van der Waals surface area contributed by atoms with Crippen molar-refractivity contribution < 1.29 is 18.4 Å². The minimum absolute atomic E-state index is 0.102. The van der Waals surface area contributed by atoms with Crippen LogP contribution in [0.15, 0.2) is 63.4 Å². The molecule has 0 saturated carbocycles. The zero-order valence-electron chi connectivity index (χ0n) is 14.7. The van der Waals surface area contributed by atoms with E-state index in [2.05, 4.69) is 0 Å². The number of benzene rings is 1. The lowest BCUT2D eigenvalue weighted by atomic mass is 9.73. The SMILES string of the molecule is CCOC(=O)CC(c1ccccc1)(c1ccc(C)o1)c1ccc(C)o1. The maximum atomic E-state index is 12.5. The van der Waals surface area contributed by atoms with Crippen LogP contribution in [0.25, 0.3) is 0 Å². The smallest absolute Gasteiger partial charge is 0.307 e. The fourth-order valence-corrected chi connectivity index (χ4v) is 3.16. The van der Waals surface area contributed by atoms with Gasteiger partial charge in [-0.25, -0.2) is 0 Å². The molecule has 4 nitrogen and oxygen atoms in total. The lowest BCUT2D eigenvalue weighted by Crippen LogP contribution is -2.32. The number of carbonyl (C=O) groups excluding carboxylic acids is 1. The van der Waals surface area contributed by atoms with Gasteiger partial charge in [-0.2, -0.15) is 0 Å². The molecule has 2 heterocycles. The van der Waals surface area contributed by atoms with E-state index in [4.69, 9.17) is 13.6 Å². The normalized spacial score (nSPS) is 11.5. The molecule has 0 bridgehead atoms. The summed E-state index contributed by atoms with van der Waals surface area (Å²) in [5, 5.41) is 0. The number of carbonyl (C=O) groups is 1. The van der Waals surface area contributed by atoms with Crippen molar-refractivity contribution in [3.05, 3.63) is 83.2 Å². The highest BCUT2D eigenvalue weighted by Gasteiger charge is 2.44. The maximum absolute atomic E-state index is 12.5. The van der Waals surface area contributed by atoms with E-state index < -0.39 is 5.41 Å². The van der Waals surface area contributed by atoms with E-state index >= 15 is 0 Å². The average molecular weight is 338 g/mol. The molecule has 0 unspecified atom stereocenters. The molecular weight excluding hydrogens is 316 g/mol. The summed E-state index contributed by atoms with van der Waals surface area (Å²) < 4.78 is 17.2. The predicted octanol–water partition coefficient (Wildman–Crippen LogP) is 4.78. The van der Waals surface area contributed by atoms with E-state index in [9.17, 15) is 4.79 Å². The largest absolute Gasteiger partial charge is 0.466 e. The minimum Gasteiger partial charge on any atom is -0.466 e. The van der Waals surface area contributed by atoms with Crippen molar-refractivity contribution in [3.63, 3.8) is 0 Å². The molecule has 0 aliphatic rings. The Labute approximate surface area is 147 Å². The van der Waals surface area contributed by atoms with E-state index in [0.717, 1.165) is 17.1 Å². The molecule has 0 radical (unpaired) electrons. The Kier molecular flexibility index (Phi) is 4.79. The van der Waals surface area contributed by atoms with E-state index in [0.29, 0.717) is 18.1 Å². The first-order chi connectivity index (χ1) is 12.1. The van der Waals surface area contributed by atoms with E-state index in [-0.39, 0.29) is 12.4 Å². The number of hydrogen-bond donors (Lipinski definition) is 0. The fraction of sp³-hybridized carbons (Fsp3) is 0.286. The topological polar surface area (TPSA) is 52.6 Å². The van der Waals surface area contributed by atoms with Crippen LogP contribution in [0.4, 0.5) is 0 Å². The van der Waals surface area contributed by atoms with Gasteiger partial charge < -0.3 is 13.6 Å². The van der Waals surface area contributed by atoms with Crippen LogP contribution in [-0.2, 0) is 14.9 Å². The molecule has 2 aromatic heterocycles. The second kappa shape index (κ2) is 7.01. The molecular formula is C21H22O4.